The van der Waals surface area contributed by atoms with Crippen LogP contribution in [0.4, 0.5) is 5.69 Å². The first-order valence-electron chi connectivity index (χ1n) is 8.65. The maximum absolute atomic E-state index is 12.3. The monoisotopic (exact) mass is 360 g/mol. The number of hydrogen-bond donors (Lipinski definition) is 3. The number of carbonyl (C=O) groups excluding carboxylic acids is 1. The summed E-state index contributed by atoms with van der Waals surface area (Å²) in [6.07, 6.45) is 4.08. The summed E-state index contributed by atoms with van der Waals surface area (Å²) in [7, 11) is 0. The molecule has 1 amide bonds. The van der Waals surface area contributed by atoms with Crippen molar-refractivity contribution >= 4 is 17.6 Å². The van der Waals surface area contributed by atoms with Gasteiger partial charge in [0.25, 0.3) is 0 Å². The molecule has 0 radical (unpaired) electrons. The summed E-state index contributed by atoms with van der Waals surface area (Å²) < 4.78 is 1.32. The number of amides is 1. The molecule has 0 saturated carbocycles. The molecule has 2 aromatic rings. The second kappa shape index (κ2) is 8.57. The van der Waals surface area contributed by atoms with E-state index >= 15 is 0 Å². The molecule has 0 aliphatic carbocycles. The van der Waals surface area contributed by atoms with Crippen LogP contribution in [0.5, 0.6) is 0 Å². The molecule has 1 heterocycles. The second-order valence-corrected chi connectivity index (χ2v) is 6.35. The van der Waals surface area contributed by atoms with Crippen LogP contribution in [-0.4, -0.2) is 42.7 Å². The van der Waals surface area contributed by atoms with Gasteiger partial charge in [0.2, 0.25) is 5.91 Å². The molecule has 0 atom stereocenters. The molecule has 0 bridgehead atoms. The van der Waals surface area contributed by atoms with Crippen molar-refractivity contribution in [2.45, 2.75) is 51.6 Å². The normalized spacial score (nSPS) is 11.3. The number of aromatic nitrogens is 3. The maximum atomic E-state index is 12.3. The van der Waals surface area contributed by atoms with Crippen LogP contribution in [0, 0.1) is 0 Å². The lowest BCUT2D eigenvalue weighted by atomic mass is 9.89. The summed E-state index contributed by atoms with van der Waals surface area (Å²) in [6, 6.07) is 6.82. The van der Waals surface area contributed by atoms with Gasteiger partial charge in [0, 0.05) is 5.69 Å². The number of hydrogen-bond acceptors (Lipinski definition) is 5. The fourth-order valence-corrected chi connectivity index (χ4v) is 2.95. The highest BCUT2D eigenvalue weighted by Gasteiger charge is 2.28. The van der Waals surface area contributed by atoms with Gasteiger partial charge >= 0.3 is 5.97 Å². The van der Waals surface area contributed by atoms with Gasteiger partial charge < -0.3 is 15.5 Å². The third-order valence-electron chi connectivity index (χ3n) is 4.03. The first kappa shape index (κ1) is 19.6. The zero-order valence-electron chi connectivity index (χ0n) is 15.0. The van der Waals surface area contributed by atoms with Crippen LogP contribution in [0.2, 0.25) is 0 Å². The van der Waals surface area contributed by atoms with Gasteiger partial charge in [0.1, 0.15) is 0 Å². The molecule has 0 spiro atoms. The van der Waals surface area contributed by atoms with E-state index in [1.54, 1.807) is 24.3 Å². The van der Waals surface area contributed by atoms with Crippen molar-refractivity contribution in [1.82, 2.24) is 15.0 Å². The highest BCUT2D eigenvalue weighted by Crippen LogP contribution is 2.24. The lowest BCUT2D eigenvalue weighted by molar-refractivity contribution is -0.121. The molecule has 0 unspecified atom stereocenters. The van der Waals surface area contributed by atoms with E-state index in [9.17, 15) is 14.7 Å². The topological polar surface area (TPSA) is 117 Å². The molecular weight excluding hydrogens is 336 g/mol. The van der Waals surface area contributed by atoms with Crippen LogP contribution in [0.25, 0.3) is 5.69 Å². The Labute approximate surface area is 151 Å². The molecule has 3 N–H and O–H groups in total. The van der Waals surface area contributed by atoms with E-state index in [1.807, 2.05) is 13.8 Å². The predicted octanol–water partition coefficient (Wildman–Crippen LogP) is 2.63. The molecular formula is C18H24N4O4. The number of anilines is 1. The summed E-state index contributed by atoms with van der Waals surface area (Å²) in [5.41, 5.74) is -0.0490. The van der Waals surface area contributed by atoms with Gasteiger partial charge in [-0.1, -0.05) is 38.0 Å². The van der Waals surface area contributed by atoms with Crippen molar-refractivity contribution in [2.24, 2.45) is 0 Å². The number of aromatic carboxylic acids is 1. The van der Waals surface area contributed by atoms with Gasteiger partial charge in [-0.15, -0.1) is 5.10 Å². The molecule has 0 saturated heterocycles. The molecule has 1 aromatic heterocycles. The SMILES string of the molecule is CCCC(O)(CCC)CC(=O)Nc1cccc(-n2cc(C(=O)O)nn2)c1. The first-order chi connectivity index (χ1) is 12.4. The van der Waals surface area contributed by atoms with Crippen molar-refractivity contribution < 1.29 is 19.8 Å². The van der Waals surface area contributed by atoms with E-state index in [0.717, 1.165) is 12.8 Å². The Bertz CT molecular complexity index is 766. The summed E-state index contributed by atoms with van der Waals surface area (Å²) in [4.78, 5) is 23.2. The van der Waals surface area contributed by atoms with E-state index in [1.165, 1.54) is 10.9 Å². The Morgan fingerprint density at radius 1 is 1.23 bits per heavy atom. The molecule has 0 fully saturated rings. The largest absolute Gasteiger partial charge is 0.476 e. The zero-order chi connectivity index (χ0) is 19.2. The van der Waals surface area contributed by atoms with Crippen molar-refractivity contribution in [3.05, 3.63) is 36.2 Å². The molecule has 2 rings (SSSR count). The highest BCUT2D eigenvalue weighted by atomic mass is 16.4. The third kappa shape index (κ3) is 5.13. The van der Waals surface area contributed by atoms with Gasteiger partial charge in [0.05, 0.1) is 23.9 Å². The van der Waals surface area contributed by atoms with Crippen LogP contribution < -0.4 is 5.32 Å². The number of carboxylic acids is 1. The van der Waals surface area contributed by atoms with Gasteiger partial charge in [-0.05, 0) is 31.0 Å². The smallest absolute Gasteiger partial charge is 0.358 e. The summed E-state index contributed by atoms with van der Waals surface area (Å²) in [5, 5.41) is 29.6. The molecule has 0 aliphatic rings. The van der Waals surface area contributed by atoms with E-state index in [2.05, 4.69) is 15.6 Å². The maximum Gasteiger partial charge on any atom is 0.358 e. The molecule has 140 valence electrons. The summed E-state index contributed by atoms with van der Waals surface area (Å²) in [6.45, 7) is 3.96. The van der Waals surface area contributed by atoms with Crippen molar-refractivity contribution in [3.63, 3.8) is 0 Å². The van der Waals surface area contributed by atoms with Crippen molar-refractivity contribution in [2.75, 3.05) is 5.32 Å². The summed E-state index contributed by atoms with van der Waals surface area (Å²) >= 11 is 0. The van der Waals surface area contributed by atoms with Crippen LogP contribution in [0.3, 0.4) is 0 Å². The molecule has 1 aromatic carbocycles. The van der Waals surface area contributed by atoms with Crippen LogP contribution in [0.15, 0.2) is 30.5 Å². The number of aliphatic hydroxyl groups is 1. The molecule has 8 heteroatoms. The fourth-order valence-electron chi connectivity index (χ4n) is 2.95. The van der Waals surface area contributed by atoms with Gasteiger partial charge in [-0.2, -0.15) is 0 Å². The van der Waals surface area contributed by atoms with Gasteiger partial charge in [0.15, 0.2) is 5.69 Å². The van der Waals surface area contributed by atoms with Crippen molar-refractivity contribution in [1.29, 1.82) is 0 Å². The average molecular weight is 360 g/mol. The van der Waals surface area contributed by atoms with Crippen LogP contribution in [-0.2, 0) is 4.79 Å². The van der Waals surface area contributed by atoms with Gasteiger partial charge in [-0.25, -0.2) is 9.48 Å². The van der Waals surface area contributed by atoms with E-state index < -0.39 is 11.6 Å². The van der Waals surface area contributed by atoms with Crippen LogP contribution >= 0.6 is 0 Å². The average Bonchev–Trinajstić information content (AvgIpc) is 3.05. The lowest BCUT2D eigenvalue weighted by Gasteiger charge is -2.26. The standard InChI is InChI=1S/C18H24N4O4/c1-3-8-18(26,9-4-2)11-16(23)19-13-6-5-7-14(10-13)22-12-15(17(24)25)20-21-22/h5-7,10,12,26H,3-4,8-9,11H2,1-2H3,(H,19,23)(H,24,25). The van der Waals surface area contributed by atoms with E-state index in [4.69, 9.17) is 5.11 Å². The molecule has 26 heavy (non-hydrogen) atoms. The Morgan fingerprint density at radius 3 is 2.50 bits per heavy atom. The fraction of sp³-hybridized carbons (Fsp3) is 0.444. The number of nitrogens with zero attached hydrogens (tertiary/aromatic N) is 3. The first-order valence-corrected chi connectivity index (χ1v) is 8.65. The molecule has 0 aliphatic heterocycles. The Balaban J connectivity index is 2.09. The Hall–Kier alpha value is -2.74. The zero-order valence-corrected chi connectivity index (χ0v) is 15.0. The minimum atomic E-state index is -1.16. The van der Waals surface area contributed by atoms with Crippen LogP contribution in [0.1, 0.15) is 56.4 Å². The number of carboxylic acid groups (broad SMARTS) is 1. The van der Waals surface area contributed by atoms with Gasteiger partial charge in [-0.3, -0.25) is 4.79 Å². The number of rotatable bonds is 9. The quantitative estimate of drug-likeness (QED) is 0.633. The minimum absolute atomic E-state index is 0.0331. The number of nitrogens with one attached hydrogen (secondary N) is 1. The van der Waals surface area contributed by atoms with E-state index in [0.29, 0.717) is 24.2 Å². The number of benzene rings is 1. The third-order valence-corrected chi connectivity index (χ3v) is 4.03. The minimum Gasteiger partial charge on any atom is -0.476 e. The Kier molecular flexibility index (Phi) is 6.46. The highest BCUT2D eigenvalue weighted by molar-refractivity contribution is 5.91. The second-order valence-electron chi connectivity index (χ2n) is 6.35. The predicted molar refractivity (Wildman–Crippen MR) is 96.3 cm³/mol. The number of carbonyl (C=O) groups is 2. The lowest BCUT2D eigenvalue weighted by Crippen LogP contribution is -2.33. The van der Waals surface area contributed by atoms with Crippen molar-refractivity contribution in [3.8, 4) is 5.69 Å². The molecule has 8 nitrogen and oxygen atoms in total. The summed E-state index contributed by atoms with van der Waals surface area (Å²) in [5.74, 6) is -1.43. The Morgan fingerprint density at radius 2 is 1.92 bits per heavy atom. The van der Waals surface area contributed by atoms with E-state index in [-0.39, 0.29) is 18.0 Å².